The molecule has 3 heteroatoms. The van der Waals surface area contributed by atoms with Crippen LogP contribution in [0.3, 0.4) is 0 Å². The van der Waals surface area contributed by atoms with Crippen molar-refractivity contribution in [1.29, 1.82) is 0 Å². The fourth-order valence-corrected chi connectivity index (χ4v) is 1.46. The molecule has 0 atom stereocenters. The van der Waals surface area contributed by atoms with Gasteiger partial charge in [-0.1, -0.05) is 26.2 Å². The van der Waals surface area contributed by atoms with E-state index in [2.05, 4.69) is 29.5 Å². The maximum atomic E-state index is 9.04. The zero-order chi connectivity index (χ0) is 8.69. The lowest BCUT2D eigenvalue weighted by molar-refractivity contribution is 0.460. The minimum atomic E-state index is 0.458. The van der Waals surface area contributed by atoms with E-state index in [0.717, 1.165) is 10.0 Å². The second kappa shape index (κ2) is 7.64. The molecule has 1 nitrogen and oxygen atoms in total. The average molecular weight is 380 g/mol. The van der Waals surface area contributed by atoms with Gasteiger partial charge in [-0.05, 0) is 58.0 Å². The van der Waals surface area contributed by atoms with E-state index in [4.69, 9.17) is 5.11 Å². The summed E-state index contributed by atoms with van der Waals surface area (Å²) in [5.74, 6) is 0. The van der Waals surface area contributed by atoms with Crippen LogP contribution in [0.2, 0.25) is 0 Å². The summed E-state index contributed by atoms with van der Waals surface area (Å²) in [6.45, 7) is 2.20. The Kier molecular flexibility index (Phi) is 8.33. The topological polar surface area (TPSA) is 20.2 Å². The molecule has 0 heterocycles. The predicted octanol–water partition coefficient (Wildman–Crippen LogP) is 4.55. The van der Waals surface area contributed by atoms with Crippen LogP contribution in [-0.4, -0.2) is 5.11 Å². The summed E-state index contributed by atoms with van der Waals surface area (Å²) < 4.78 is 1.55. The second-order valence-corrected chi connectivity index (χ2v) is 4.83. The van der Waals surface area contributed by atoms with E-state index in [1.165, 1.54) is 25.7 Å². The molecule has 0 unspecified atom stereocenters. The molecule has 0 saturated heterocycles. The SMILES string of the molecule is CCCCCCC(I)=C(O)I. The van der Waals surface area contributed by atoms with Gasteiger partial charge in [0.1, 0.15) is 0 Å². The van der Waals surface area contributed by atoms with Gasteiger partial charge in [-0.3, -0.25) is 0 Å². The molecule has 0 saturated carbocycles. The number of halogens is 2. The maximum absolute atomic E-state index is 9.04. The molecule has 0 aromatic carbocycles. The number of allylic oxidation sites excluding steroid dienone is 1. The molecular weight excluding hydrogens is 366 g/mol. The molecule has 66 valence electrons. The van der Waals surface area contributed by atoms with Crippen molar-refractivity contribution in [1.82, 2.24) is 0 Å². The van der Waals surface area contributed by atoms with Gasteiger partial charge in [0, 0.05) is 3.58 Å². The monoisotopic (exact) mass is 380 g/mol. The first kappa shape index (κ1) is 12.0. The van der Waals surface area contributed by atoms with Gasteiger partial charge in [0.2, 0.25) is 0 Å². The van der Waals surface area contributed by atoms with Crippen LogP contribution >= 0.6 is 45.2 Å². The Morgan fingerprint density at radius 3 is 2.27 bits per heavy atom. The quantitative estimate of drug-likeness (QED) is 0.422. The molecule has 0 fully saturated rings. The van der Waals surface area contributed by atoms with Crippen molar-refractivity contribution in [3.8, 4) is 0 Å². The number of hydrogen-bond acceptors (Lipinski definition) is 1. The largest absolute Gasteiger partial charge is 0.502 e. The fraction of sp³-hybridized carbons (Fsp3) is 0.750. The molecule has 0 spiro atoms. The highest BCUT2D eigenvalue weighted by molar-refractivity contribution is 14.1. The van der Waals surface area contributed by atoms with Gasteiger partial charge >= 0.3 is 0 Å². The molecule has 0 aromatic heterocycles. The highest BCUT2D eigenvalue weighted by atomic mass is 127. The number of aliphatic hydroxyl groups excluding tert-OH is 1. The number of aliphatic hydroxyl groups is 1. The summed E-state index contributed by atoms with van der Waals surface area (Å²) in [7, 11) is 0. The molecule has 0 aromatic rings. The molecular formula is C8H14I2O. The fourth-order valence-electron chi connectivity index (χ4n) is 0.810. The minimum Gasteiger partial charge on any atom is -0.502 e. The molecule has 0 amide bonds. The highest BCUT2D eigenvalue weighted by Crippen LogP contribution is 2.22. The smallest absolute Gasteiger partial charge is 0.162 e. The van der Waals surface area contributed by atoms with Gasteiger partial charge in [-0.2, -0.15) is 0 Å². The van der Waals surface area contributed by atoms with Crippen molar-refractivity contribution < 1.29 is 5.11 Å². The van der Waals surface area contributed by atoms with Crippen LogP contribution in [0.1, 0.15) is 39.0 Å². The van der Waals surface area contributed by atoms with Crippen LogP contribution in [-0.2, 0) is 0 Å². The number of unbranched alkanes of at least 4 members (excludes halogenated alkanes) is 3. The molecule has 0 aliphatic heterocycles. The summed E-state index contributed by atoms with van der Waals surface area (Å²) in [5, 5.41) is 9.04. The van der Waals surface area contributed by atoms with Crippen molar-refractivity contribution in [2.75, 3.05) is 0 Å². The summed E-state index contributed by atoms with van der Waals surface area (Å²) in [5.41, 5.74) is 0. The third-order valence-electron chi connectivity index (χ3n) is 1.47. The molecule has 11 heavy (non-hydrogen) atoms. The van der Waals surface area contributed by atoms with Crippen molar-refractivity contribution in [2.24, 2.45) is 0 Å². The van der Waals surface area contributed by atoms with Crippen LogP contribution in [0.25, 0.3) is 0 Å². The molecule has 1 N–H and O–H groups in total. The Morgan fingerprint density at radius 2 is 1.82 bits per heavy atom. The maximum Gasteiger partial charge on any atom is 0.162 e. The van der Waals surface area contributed by atoms with Crippen molar-refractivity contribution in [3.05, 3.63) is 7.35 Å². The van der Waals surface area contributed by atoms with E-state index >= 15 is 0 Å². The third-order valence-corrected chi connectivity index (χ3v) is 4.21. The summed E-state index contributed by atoms with van der Waals surface area (Å²) in [6.07, 6.45) is 6.11. The summed E-state index contributed by atoms with van der Waals surface area (Å²) in [6, 6.07) is 0. The van der Waals surface area contributed by atoms with Gasteiger partial charge in [0.05, 0.1) is 0 Å². The molecule has 0 radical (unpaired) electrons. The zero-order valence-electron chi connectivity index (χ0n) is 6.74. The lowest BCUT2D eigenvalue weighted by Crippen LogP contribution is -1.79. The normalized spacial score (nSPS) is 13.0. The Hall–Kier alpha value is 1.00. The minimum absolute atomic E-state index is 0.458. The Labute approximate surface area is 95.9 Å². The second-order valence-electron chi connectivity index (χ2n) is 2.51. The van der Waals surface area contributed by atoms with E-state index in [9.17, 15) is 0 Å². The van der Waals surface area contributed by atoms with Crippen LogP contribution < -0.4 is 0 Å². The van der Waals surface area contributed by atoms with Crippen LogP contribution in [0, 0.1) is 0 Å². The Balaban J connectivity index is 3.32. The van der Waals surface area contributed by atoms with Gasteiger partial charge in [-0.15, -0.1) is 0 Å². The highest BCUT2D eigenvalue weighted by Gasteiger charge is 1.97. The summed E-state index contributed by atoms with van der Waals surface area (Å²) >= 11 is 4.16. The summed E-state index contributed by atoms with van der Waals surface area (Å²) in [4.78, 5) is 0. The van der Waals surface area contributed by atoms with E-state index in [0.29, 0.717) is 3.77 Å². The standard InChI is InChI=1S/C8H14I2O/c1-2-3-4-5-6-7(9)8(10)11/h11H,2-6H2,1H3. The van der Waals surface area contributed by atoms with E-state index < -0.39 is 0 Å². The third kappa shape index (κ3) is 7.36. The zero-order valence-corrected chi connectivity index (χ0v) is 11.1. The predicted molar refractivity (Wildman–Crippen MR) is 66.5 cm³/mol. The lowest BCUT2D eigenvalue weighted by atomic mass is 10.1. The molecule has 0 aliphatic carbocycles. The first-order chi connectivity index (χ1) is 5.18. The van der Waals surface area contributed by atoms with E-state index in [-0.39, 0.29) is 0 Å². The van der Waals surface area contributed by atoms with Crippen molar-refractivity contribution in [3.63, 3.8) is 0 Å². The molecule has 0 aliphatic rings. The van der Waals surface area contributed by atoms with Gasteiger partial charge < -0.3 is 5.11 Å². The van der Waals surface area contributed by atoms with E-state index in [1.807, 2.05) is 22.6 Å². The van der Waals surface area contributed by atoms with Crippen LogP contribution in [0.15, 0.2) is 7.35 Å². The number of rotatable bonds is 5. The van der Waals surface area contributed by atoms with E-state index in [1.54, 1.807) is 0 Å². The van der Waals surface area contributed by atoms with Crippen LogP contribution in [0.5, 0.6) is 0 Å². The Morgan fingerprint density at radius 1 is 1.18 bits per heavy atom. The lowest BCUT2D eigenvalue weighted by Gasteiger charge is -1.98. The first-order valence-electron chi connectivity index (χ1n) is 3.91. The van der Waals surface area contributed by atoms with Crippen LogP contribution in [0.4, 0.5) is 0 Å². The first-order valence-corrected chi connectivity index (χ1v) is 6.07. The van der Waals surface area contributed by atoms with Crippen molar-refractivity contribution >= 4 is 45.2 Å². The van der Waals surface area contributed by atoms with Gasteiger partial charge in [0.15, 0.2) is 3.77 Å². The average Bonchev–Trinajstić information content (AvgIpc) is 1.97. The van der Waals surface area contributed by atoms with Gasteiger partial charge in [0.25, 0.3) is 0 Å². The number of hydrogen-bond donors (Lipinski definition) is 1. The molecule has 0 bridgehead atoms. The van der Waals surface area contributed by atoms with Gasteiger partial charge in [-0.25, -0.2) is 0 Å². The molecule has 0 rings (SSSR count). The Bertz CT molecular complexity index is 128. The van der Waals surface area contributed by atoms with Crippen molar-refractivity contribution in [2.45, 2.75) is 39.0 Å².